The molecule has 0 saturated carbocycles. The van der Waals surface area contributed by atoms with Gasteiger partial charge < -0.3 is 10.2 Å². The van der Waals surface area contributed by atoms with Crippen molar-refractivity contribution in [2.24, 2.45) is 10.2 Å². The summed E-state index contributed by atoms with van der Waals surface area (Å²) in [5, 5.41) is 49.0. The van der Waals surface area contributed by atoms with Crippen molar-refractivity contribution in [2.45, 2.75) is 0 Å². The predicted octanol–water partition coefficient (Wildman–Crippen LogP) is 2.43. The maximum Gasteiger partial charge on any atom is 1.00 e. The Hall–Kier alpha value is -5.83. The largest absolute Gasteiger partial charge is 1.00 e. The molecule has 0 amide bonds. The molecule has 0 saturated heterocycles. The SMILES string of the molecule is O=C1C=Cc2ccccc2/C1=N/Nc1cc([N+](=O)[O-])ccc1O.O=C1C=Cc2ccccc2/C1=N/Nc1ccc([N+](=O)[O-])cc1O.[Cr].[Li+]. The van der Waals surface area contributed by atoms with Gasteiger partial charge in [-0.05, 0) is 35.4 Å². The Kier molecular flexibility index (Phi) is 12.3. The van der Waals surface area contributed by atoms with Gasteiger partial charge in [0.2, 0.25) is 11.6 Å². The van der Waals surface area contributed by atoms with Gasteiger partial charge in [-0.25, -0.2) is 0 Å². The zero-order valence-electron chi connectivity index (χ0n) is 24.9. The van der Waals surface area contributed by atoms with Crippen LogP contribution in [0.2, 0.25) is 0 Å². The standard InChI is InChI=1S/2C16H11N3O4.Cr.Li/c20-14-8-5-10-3-1-2-4-12(10)16(14)18-17-13-7-6-11(19(22)23)9-15(13)21;20-14-8-6-11(19(22)23)9-13(14)17-18-16-12-4-2-1-3-10(12)5-7-15(16)21;;/h1-9,17,21H;1-9,17,20H;;/q;;;+1/b2*18-16-;;. The molecule has 4 N–H and O–H groups in total. The van der Waals surface area contributed by atoms with Crippen LogP contribution in [0.4, 0.5) is 22.7 Å². The molecule has 6 rings (SSSR count). The number of carbonyl (C=O) groups is 2. The number of nitrogens with zero attached hydrogens (tertiary/aromatic N) is 4. The molecule has 0 aromatic heterocycles. The minimum absolute atomic E-state index is 0. The molecule has 14 nitrogen and oxygen atoms in total. The molecule has 0 atom stereocenters. The van der Waals surface area contributed by atoms with Crippen LogP contribution in [-0.2, 0) is 27.0 Å². The molecule has 0 heterocycles. The first-order chi connectivity index (χ1) is 22.1. The van der Waals surface area contributed by atoms with E-state index < -0.39 is 9.85 Å². The van der Waals surface area contributed by atoms with Crippen LogP contribution in [0.3, 0.4) is 0 Å². The number of rotatable bonds is 6. The molecule has 0 radical (unpaired) electrons. The maximum atomic E-state index is 12.0. The molecule has 48 heavy (non-hydrogen) atoms. The van der Waals surface area contributed by atoms with Crippen LogP contribution >= 0.6 is 0 Å². The fraction of sp³-hybridized carbons (Fsp3) is 0. The number of phenols is 2. The van der Waals surface area contributed by atoms with Crippen molar-refractivity contribution >= 4 is 57.9 Å². The van der Waals surface area contributed by atoms with Crippen molar-refractivity contribution < 1.29 is 65.9 Å². The van der Waals surface area contributed by atoms with Crippen molar-refractivity contribution in [1.29, 1.82) is 0 Å². The summed E-state index contributed by atoms with van der Waals surface area (Å²) in [6.07, 6.45) is 6.22. The number of carbonyl (C=O) groups excluding carboxylic acids is 2. The first kappa shape index (κ1) is 36.6. The van der Waals surface area contributed by atoms with Crippen LogP contribution in [0, 0.1) is 20.2 Å². The average Bonchev–Trinajstić information content (AvgIpc) is 3.05. The monoisotopic (exact) mass is 677 g/mol. The Morgan fingerprint density at radius 2 is 1.04 bits per heavy atom. The van der Waals surface area contributed by atoms with Gasteiger partial charge in [-0.2, -0.15) is 10.2 Å². The van der Waals surface area contributed by atoms with Gasteiger partial charge >= 0.3 is 18.9 Å². The summed E-state index contributed by atoms with van der Waals surface area (Å²) in [5.41, 5.74) is 8.31. The molecule has 16 heteroatoms. The van der Waals surface area contributed by atoms with Gasteiger partial charge in [-0.15, -0.1) is 0 Å². The fourth-order valence-corrected chi connectivity index (χ4v) is 4.39. The first-order valence-electron chi connectivity index (χ1n) is 13.4. The number of hydrogen-bond donors (Lipinski definition) is 4. The van der Waals surface area contributed by atoms with Crippen molar-refractivity contribution in [3.8, 4) is 11.5 Å². The van der Waals surface area contributed by atoms with Gasteiger partial charge in [0.1, 0.15) is 28.6 Å². The second-order valence-corrected chi connectivity index (χ2v) is 9.63. The summed E-state index contributed by atoms with van der Waals surface area (Å²) in [5.74, 6) is -1.08. The molecule has 2 aliphatic rings. The Morgan fingerprint density at radius 3 is 1.54 bits per heavy atom. The van der Waals surface area contributed by atoms with E-state index in [0.717, 1.165) is 23.3 Å². The zero-order valence-corrected chi connectivity index (χ0v) is 26.2. The summed E-state index contributed by atoms with van der Waals surface area (Å²) < 4.78 is 0. The molecular formula is C32H22CrLiN6O8+. The molecule has 2 aliphatic carbocycles. The second-order valence-electron chi connectivity index (χ2n) is 9.63. The van der Waals surface area contributed by atoms with Crippen LogP contribution in [0.15, 0.2) is 107 Å². The topological polar surface area (TPSA) is 210 Å². The van der Waals surface area contributed by atoms with E-state index in [0.29, 0.717) is 11.1 Å². The maximum absolute atomic E-state index is 12.0. The number of nitro groups is 2. The zero-order chi connectivity index (χ0) is 32.8. The summed E-state index contributed by atoms with van der Waals surface area (Å²) in [4.78, 5) is 44.2. The average molecular weight is 677 g/mol. The minimum atomic E-state index is -0.610. The van der Waals surface area contributed by atoms with Gasteiger partial charge in [-0.1, -0.05) is 60.7 Å². The summed E-state index contributed by atoms with van der Waals surface area (Å²) in [6, 6.07) is 21.6. The van der Waals surface area contributed by atoms with Gasteiger partial charge in [0, 0.05) is 46.7 Å². The first-order valence-corrected chi connectivity index (χ1v) is 13.4. The number of non-ortho nitro benzene ring substituents is 2. The number of nitrogens with one attached hydrogen (secondary N) is 2. The van der Waals surface area contributed by atoms with Gasteiger partial charge in [-0.3, -0.25) is 40.7 Å². The van der Waals surface area contributed by atoms with E-state index in [1.165, 1.54) is 36.4 Å². The van der Waals surface area contributed by atoms with E-state index in [4.69, 9.17) is 0 Å². The van der Waals surface area contributed by atoms with Gasteiger partial charge in [0.15, 0.2) is 0 Å². The Balaban J connectivity index is 0.000000250. The number of allylic oxidation sites excluding steroid dienone is 2. The van der Waals surface area contributed by atoms with Gasteiger partial charge in [0.25, 0.3) is 11.4 Å². The summed E-state index contributed by atoms with van der Waals surface area (Å²) >= 11 is 0. The van der Waals surface area contributed by atoms with E-state index in [-0.39, 0.29) is 93.5 Å². The molecule has 0 unspecified atom stereocenters. The number of anilines is 2. The van der Waals surface area contributed by atoms with E-state index in [9.17, 15) is 40.0 Å². The molecule has 0 aliphatic heterocycles. The summed E-state index contributed by atoms with van der Waals surface area (Å²) in [6.45, 7) is 0. The number of nitro benzene ring substituents is 2. The smallest absolute Gasteiger partial charge is 0.506 e. The van der Waals surface area contributed by atoms with Crippen LogP contribution in [0.25, 0.3) is 12.2 Å². The number of fused-ring (bicyclic) bond motifs is 2. The number of hydrazone groups is 2. The number of ketones is 2. The molecule has 0 fully saturated rings. The normalized spacial score (nSPS) is 14.0. The van der Waals surface area contributed by atoms with Crippen LogP contribution < -0.4 is 29.7 Å². The van der Waals surface area contributed by atoms with Crippen LogP contribution in [0.1, 0.15) is 22.3 Å². The molecule has 4 aromatic carbocycles. The third kappa shape index (κ3) is 8.30. The molecular weight excluding hydrogens is 655 g/mol. The fourth-order valence-electron chi connectivity index (χ4n) is 4.39. The number of phenolic OH excluding ortho intramolecular Hbond substituents is 2. The molecule has 234 valence electrons. The van der Waals surface area contributed by atoms with E-state index in [2.05, 4.69) is 21.1 Å². The molecule has 4 aromatic rings. The van der Waals surface area contributed by atoms with E-state index in [1.807, 2.05) is 24.3 Å². The Morgan fingerprint density at radius 1 is 0.583 bits per heavy atom. The number of aromatic hydroxyl groups is 2. The summed E-state index contributed by atoms with van der Waals surface area (Å²) in [7, 11) is 0. The van der Waals surface area contributed by atoms with Crippen LogP contribution in [-0.4, -0.2) is 43.0 Å². The molecule has 0 spiro atoms. The Labute approximate surface area is 294 Å². The molecule has 0 bridgehead atoms. The van der Waals surface area contributed by atoms with E-state index in [1.54, 1.807) is 36.4 Å². The van der Waals surface area contributed by atoms with Crippen molar-refractivity contribution in [3.63, 3.8) is 0 Å². The number of hydrogen-bond acceptors (Lipinski definition) is 12. The predicted molar refractivity (Wildman–Crippen MR) is 171 cm³/mol. The van der Waals surface area contributed by atoms with E-state index >= 15 is 0 Å². The van der Waals surface area contributed by atoms with Gasteiger partial charge in [0.05, 0.1) is 21.6 Å². The quantitative estimate of drug-likeness (QED) is 0.101. The van der Waals surface area contributed by atoms with Crippen molar-refractivity contribution in [2.75, 3.05) is 10.9 Å². The second kappa shape index (κ2) is 16.1. The third-order valence-electron chi connectivity index (χ3n) is 6.69. The van der Waals surface area contributed by atoms with Crippen molar-refractivity contribution in [1.82, 2.24) is 0 Å². The van der Waals surface area contributed by atoms with Crippen LogP contribution in [0.5, 0.6) is 11.5 Å². The minimum Gasteiger partial charge on any atom is -0.506 e. The third-order valence-corrected chi connectivity index (χ3v) is 6.69. The number of benzene rings is 4. The van der Waals surface area contributed by atoms with Crippen molar-refractivity contribution in [3.05, 3.63) is 140 Å². The Bertz CT molecular complexity index is 2050.